The van der Waals surface area contributed by atoms with Crippen LogP contribution in [-0.4, -0.2) is 17.1 Å². The van der Waals surface area contributed by atoms with Crippen molar-refractivity contribution in [2.45, 2.75) is 0 Å². The SMILES string of the molecule is [2H]C([2H])([2H])Oc1cc(-c2cc(O)c(F)c(F)c2)ccn1. The van der Waals surface area contributed by atoms with Crippen LogP contribution in [0.5, 0.6) is 11.6 Å². The van der Waals surface area contributed by atoms with Crippen molar-refractivity contribution in [3.63, 3.8) is 0 Å². The topological polar surface area (TPSA) is 42.4 Å². The van der Waals surface area contributed by atoms with E-state index in [1.807, 2.05) is 0 Å². The minimum atomic E-state index is -2.66. The zero-order valence-electron chi connectivity index (χ0n) is 11.4. The van der Waals surface area contributed by atoms with Crippen LogP contribution in [0.1, 0.15) is 4.11 Å². The van der Waals surface area contributed by atoms with E-state index in [0.717, 1.165) is 12.1 Å². The van der Waals surface area contributed by atoms with E-state index in [1.165, 1.54) is 18.3 Å². The zero-order valence-corrected chi connectivity index (χ0v) is 8.45. The number of benzene rings is 1. The molecule has 1 N–H and O–H groups in total. The van der Waals surface area contributed by atoms with Gasteiger partial charge in [0, 0.05) is 12.3 Å². The van der Waals surface area contributed by atoms with Gasteiger partial charge in [-0.3, -0.25) is 0 Å². The first-order valence-corrected chi connectivity index (χ1v) is 4.60. The summed E-state index contributed by atoms with van der Waals surface area (Å²) in [6.07, 6.45) is 1.26. The second kappa shape index (κ2) is 4.37. The van der Waals surface area contributed by atoms with Crippen molar-refractivity contribution >= 4 is 0 Å². The quantitative estimate of drug-likeness (QED) is 0.877. The maximum atomic E-state index is 13.2. The number of methoxy groups -OCH3 is 1. The molecule has 0 saturated carbocycles. The molecule has 2 rings (SSSR count). The Morgan fingerprint density at radius 3 is 2.82 bits per heavy atom. The van der Waals surface area contributed by atoms with E-state index in [-0.39, 0.29) is 11.4 Å². The van der Waals surface area contributed by atoms with E-state index < -0.39 is 24.4 Å². The molecule has 0 saturated heterocycles. The molecule has 0 spiro atoms. The molecule has 1 heterocycles. The minimum Gasteiger partial charge on any atom is -0.505 e. The number of hydrogen-bond donors (Lipinski definition) is 1. The van der Waals surface area contributed by atoms with E-state index in [1.54, 1.807) is 0 Å². The average Bonchev–Trinajstić information content (AvgIpc) is 2.33. The van der Waals surface area contributed by atoms with Gasteiger partial charge < -0.3 is 9.84 Å². The first-order valence-electron chi connectivity index (χ1n) is 6.10. The first kappa shape index (κ1) is 8.00. The smallest absolute Gasteiger partial charge is 0.213 e. The molecule has 17 heavy (non-hydrogen) atoms. The van der Waals surface area contributed by atoms with Gasteiger partial charge in [0.25, 0.3) is 0 Å². The lowest BCUT2D eigenvalue weighted by atomic mass is 10.1. The van der Waals surface area contributed by atoms with Crippen LogP contribution >= 0.6 is 0 Å². The van der Waals surface area contributed by atoms with Crippen molar-refractivity contribution in [3.8, 4) is 22.8 Å². The summed E-state index contributed by atoms with van der Waals surface area (Å²) in [5.74, 6) is -3.58. The summed E-state index contributed by atoms with van der Waals surface area (Å²) in [7, 11) is -2.66. The summed E-state index contributed by atoms with van der Waals surface area (Å²) in [5.41, 5.74) is 0.493. The summed E-state index contributed by atoms with van der Waals surface area (Å²) >= 11 is 0. The van der Waals surface area contributed by atoms with Gasteiger partial charge in [0.1, 0.15) is 0 Å². The summed E-state index contributed by atoms with van der Waals surface area (Å²) in [4.78, 5) is 3.70. The second-order valence-electron chi connectivity index (χ2n) is 3.28. The van der Waals surface area contributed by atoms with Crippen LogP contribution in [-0.2, 0) is 0 Å². The van der Waals surface area contributed by atoms with Gasteiger partial charge in [0.15, 0.2) is 17.4 Å². The molecule has 88 valence electrons. The Balaban J connectivity index is 2.41. The molecule has 0 aliphatic carbocycles. The molecular formula is C12H9F2NO2. The van der Waals surface area contributed by atoms with Gasteiger partial charge in [-0.15, -0.1) is 0 Å². The monoisotopic (exact) mass is 240 g/mol. The number of halogens is 2. The third-order valence-corrected chi connectivity index (χ3v) is 2.18. The Kier molecular flexibility index (Phi) is 2.06. The number of aromatic hydroxyl groups is 1. The molecule has 0 fully saturated rings. The molecular weight excluding hydrogens is 228 g/mol. The Morgan fingerprint density at radius 1 is 1.29 bits per heavy atom. The maximum Gasteiger partial charge on any atom is 0.213 e. The van der Waals surface area contributed by atoms with Crippen LogP contribution in [0.2, 0.25) is 0 Å². The fraction of sp³-hybridized carbons (Fsp3) is 0.0833. The molecule has 0 radical (unpaired) electrons. The Bertz CT molecular complexity index is 624. The highest BCUT2D eigenvalue weighted by Gasteiger charge is 2.11. The number of phenolic OH excluding ortho intramolecular Hbond substituents is 1. The summed E-state index contributed by atoms with van der Waals surface area (Å²) < 4.78 is 51.7. The highest BCUT2D eigenvalue weighted by molar-refractivity contribution is 5.65. The lowest BCUT2D eigenvalue weighted by Gasteiger charge is -2.05. The predicted octanol–water partition coefficient (Wildman–Crippen LogP) is 2.74. The van der Waals surface area contributed by atoms with Crippen LogP contribution in [0, 0.1) is 11.6 Å². The van der Waals surface area contributed by atoms with Gasteiger partial charge in [0.05, 0.1) is 11.2 Å². The van der Waals surface area contributed by atoms with Gasteiger partial charge in [-0.05, 0) is 29.3 Å². The molecule has 1 aromatic carbocycles. The lowest BCUT2D eigenvalue weighted by Crippen LogP contribution is -1.90. The molecule has 0 unspecified atom stereocenters. The number of phenols is 1. The molecule has 0 amide bonds. The first-order chi connectivity index (χ1) is 9.26. The Labute approximate surface area is 101 Å². The predicted molar refractivity (Wildman–Crippen MR) is 57.8 cm³/mol. The highest BCUT2D eigenvalue weighted by Crippen LogP contribution is 2.28. The number of nitrogens with zero attached hydrogens (tertiary/aromatic N) is 1. The fourth-order valence-electron chi connectivity index (χ4n) is 1.39. The number of aromatic nitrogens is 1. The van der Waals surface area contributed by atoms with Crippen molar-refractivity contribution in [2.24, 2.45) is 0 Å². The van der Waals surface area contributed by atoms with Crippen molar-refractivity contribution in [1.29, 1.82) is 0 Å². The van der Waals surface area contributed by atoms with Gasteiger partial charge >= 0.3 is 0 Å². The largest absolute Gasteiger partial charge is 0.505 e. The summed E-state index contributed by atoms with van der Waals surface area (Å²) in [6.45, 7) is 0. The maximum absolute atomic E-state index is 13.2. The molecule has 0 aliphatic rings. The number of pyridine rings is 1. The van der Waals surface area contributed by atoms with Crippen molar-refractivity contribution < 1.29 is 22.7 Å². The average molecular weight is 240 g/mol. The van der Waals surface area contributed by atoms with Crippen LogP contribution in [0.15, 0.2) is 30.5 Å². The molecule has 1 aromatic heterocycles. The van der Waals surface area contributed by atoms with Crippen LogP contribution in [0.3, 0.4) is 0 Å². The Morgan fingerprint density at radius 2 is 2.12 bits per heavy atom. The molecule has 2 aromatic rings. The highest BCUT2D eigenvalue weighted by atomic mass is 19.2. The third kappa shape index (κ3) is 2.18. The Hall–Kier alpha value is -2.17. The lowest BCUT2D eigenvalue weighted by molar-refractivity contribution is 0.398. The normalized spacial score (nSPS) is 13.6. The van der Waals surface area contributed by atoms with Crippen LogP contribution in [0.4, 0.5) is 8.78 Å². The molecule has 5 heteroatoms. The minimum absolute atomic E-state index is 0.166. The van der Waals surface area contributed by atoms with E-state index in [4.69, 9.17) is 4.11 Å². The van der Waals surface area contributed by atoms with Crippen molar-refractivity contribution in [1.82, 2.24) is 4.98 Å². The van der Waals surface area contributed by atoms with Crippen LogP contribution < -0.4 is 4.74 Å². The number of ether oxygens (including phenoxy) is 1. The summed E-state index contributed by atoms with van der Waals surface area (Å²) in [5, 5.41) is 9.25. The molecule has 0 bridgehead atoms. The summed E-state index contributed by atoms with van der Waals surface area (Å²) in [6, 6.07) is 4.59. The van der Waals surface area contributed by atoms with Gasteiger partial charge in [-0.2, -0.15) is 4.39 Å². The van der Waals surface area contributed by atoms with Gasteiger partial charge in [-0.25, -0.2) is 9.37 Å². The van der Waals surface area contributed by atoms with Gasteiger partial charge in [-0.1, -0.05) is 0 Å². The molecule has 0 aliphatic heterocycles. The number of rotatable bonds is 2. The van der Waals surface area contributed by atoms with E-state index >= 15 is 0 Å². The van der Waals surface area contributed by atoms with E-state index in [9.17, 15) is 13.9 Å². The van der Waals surface area contributed by atoms with E-state index in [2.05, 4.69) is 9.72 Å². The van der Waals surface area contributed by atoms with Crippen molar-refractivity contribution in [2.75, 3.05) is 7.04 Å². The van der Waals surface area contributed by atoms with E-state index in [0.29, 0.717) is 5.56 Å². The zero-order chi connectivity index (χ0) is 14.9. The number of hydrogen-bond acceptors (Lipinski definition) is 3. The third-order valence-electron chi connectivity index (χ3n) is 2.18. The standard InChI is InChI=1S/C12H9F2NO2/c1-17-11-6-7(2-3-15-11)8-4-9(13)12(14)10(16)5-8/h2-6,16H,1H3/i1D3. The molecule has 0 atom stereocenters. The second-order valence-corrected chi connectivity index (χ2v) is 3.28. The van der Waals surface area contributed by atoms with Crippen LogP contribution in [0.25, 0.3) is 11.1 Å². The fourth-order valence-corrected chi connectivity index (χ4v) is 1.39. The van der Waals surface area contributed by atoms with Gasteiger partial charge in [0.2, 0.25) is 5.88 Å². The van der Waals surface area contributed by atoms with Crippen molar-refractivity contribution in [3.05, 3.63) is 42.1 Å². The molecule has 3 nitrogen and oxygen atoms in total.